The van der Waals surface area contributed by atoms with Crippen molar-refractivity contribution in [1.29, 1.82) is 0 Å². The minimum atomic E-state index is 0.501. The van der Waals surface area contributed by atoms with E-state index in [0.717, 1.165) is 61.3 Å². The smallest absolute Gasteiger partial charge is 0.224 e. The number of nitrogens with zero attached hydrogens (tertiary/aromatic N) is 2. The summed E-state index contributed by atoms with van der Waals surface area (Å²) in [5.74, 6) is 6.39. The molecular formula is C30H44N4OS. The van der Waals surface area contributed by atoms with Gasteiger partial charge in [-0.3, -0.25) is 0 Å². The molecule has 3 rings (SSSR count). The zero-order valence-corrected chi connectivity index (χ0v) is 24.0. The molecule has 1 aromatic carbocycles. The van der Waals surface area contributed by atoms with Crippen molar-refractivity contribution in [1.82, 2.24) is 9.97 Å². The molecule has 0 bridgehead atoms. The van der Waals surface area contributed by atoms with Gasteiger partial charge in [-0.15, -0.1) is 24.1 Å². The molecule has 0 amide bonds. The quantitative estimate of drug-likeness (QED) is 0.239. The molecule has 1 aliphatic heterocycles. The van der Waals surface area contributed by atoms with Crippen LogP contribution in [0.5, 0.6) is 5.75 Å². The summed E-state index contributed by atoms with van der Waals surface area (Å²) in [4.78, 5) is 10.7. The van der Waals surface area contributed by atoms with E-state index >= 15 is 0 Å². The van der Waals surface area contributed by atoms with Crippen molar-refractivity contribution < 1.29 is 4.74 Å². The number of methoxy groups -OCH3 is 1. The van der Waals surface area contributed by atoms with Gasteiger partial charge < -0.3 is 15.4 Å². The molecule has 1 atom stereocenters. The molecule has 1 aliphatic rings. The van der Waals surface area contributed by atoms with E-state index in [1.807, 2.05) is 37.7 Å². The summed E-state index contributed by atoms with van der Waals surface area (Å²) in [5.41, 5.74) is 3.79. The van der Waals surface area contributed by atoms with Crippen LogP contribution in [0.3, 0.4) is 0 Å². The molecule has 0 saturated carbocycles. The predicted octanol–water partition coefficient (Wildman–Crippen LogP) is 7.73. The van der Waals surface area contributed by atoms with Gasteiger partial charge in [0, 0.05) is 25.3 Å². The Kier molecular flexibility index (Phi) is 15.9. The Bertz CT molecular complexity index is 989. The number of hydrogen-bond donors (Lipinski definition) is 2. The molecule has 2 N–H and O–H groups in total. The molecule has 36 heavy (non-hydrogen) atoms. The molecule has 0 saturated heterocycles. The van der Waals surface area contributed by atoms with Crippen LogP contribution in [0.4, 0.5) is 11.8 Å². The minimum Gasteiger partial charge on any atom is -0.497 e. The first kappa shape index (κ1) is 31.1. The number of aromatic nitrogens is 2. The number of aryl methyl sites for hydroxylation is 1. The molecule has 1 aromatic heterocycles. The second-order valence-electron chi connectivity index (χ2n) is 8.21. The van der Waals surface area contributed by atoms with Crippen LogP contribution in [-0.2, 0) is 6.42 Å². The Morgan fingerprint density at radius 3 is 2.50 bits per heavy atom. The molecule has 196 valence electrons. The topological polar surface area (TPSA) is 59.1 Å². The predicted molar refractivity (Wildman–Crippen MR) is 159 cm³/mol. The summed E-state index contributed by atoms with van der Waals surface area (Å²) < 4.78 is 5.28. The van der Waals surface area contributed by atoms with Crippen LogP contribution in [0.15, 0.2) is 53.0 Å². The van der Waals surface area contributed by atoms with Crippen LogP contribution in [0.25, 0.3) is 0 Å². The lowest BCUT2D eigenvalue weighted by Gasteiger charge is -2.17. The van der Waals surface area contributed by atoms with E-state index in [2.05, 4.69) is 74.1 Å². The first-order chi connectivity index (χ1) is 17.5. The lowest BCUT2D eigenvalue weighted by atomic mass is 9.93. The van der Waals surface area contributed by atoms with Crippen LogP contribution in [-0.4, -0.2) is 35.9 Å². The average molecular weight is 509 g/mol. The standard InChI is InChI=1S/C25H34N4OS.C3H4.C2H6/c1-5-19(20-9-11-21(30-4)12-10-20)13-16-27-25-28-22-14-17-31-23(22)24(29-25)26-15-7-6-8-18(2)3;1-3-2;1-2/h6-12,19H,5,13-17H2,1-4H3,(H2,26,27,28,29);1H,2H3;1-2H3/b7-6-;;. The zero-order chi connectivity index (χ0) is 26.8. The number of thioether (sulfide) groups is 1. The maximum atomic E-state index is 5.28. The fourth-order valence-electron chi connectivity index (χ4n) is 3.59. The van der Waals surface area contributed by atoms with Crippen molar-refractivity contribution >= 4 is 23.5 Å². The number of rotatable bonds is 11. The summed E-state index contributed by atoms with van der Waals surface area (Å²) in [5, 5.41) is 6.93. The van der Waals surface area contributed by atoms with Gasteiger partial charge in [0.2, 0.25) is 5.95 Å². The highest BCUT2D eigenvalue weighted by atomic mass is 32.2. The first-order valence-electron chi connectivity index (χ1n) is 12.8. The Morgan fingerprint density at radius 2 is 1.89 bits per heavy atom. The number of anilines is 2. The van der Waals surface area contributed by atoms with Gasteiger partial charge in [0.15, 0.2) is 0 Å². The number of hydrogen-bond acceptors (Lipinski definition) is 6. The normalized spacial score (nSPS) is 12.2. The fraction of sp³-hybridized carbons (Fsp3) is 0.467. The van der Waals surface area contributed by atoms with Gasteiger partial charge in [0.05, 0.1) is 17.7 Å². The van der Waals surface area contributed by atoms with E-state index in [0.29, 0.717) is 5.92 Å². The third-order valence-electron chi connectivity index (χ3n) is 5.33. The first-order valence-corrected chi connectivity index (χ1v) is 13.8. The third-order valence-corrected chi connectivity index (χ3v) is 6.46. The van der Waals surface area contributed by atoms with Gasteiger partial charge in [0.25, 0.3) is 0 Å². The van der Waals surface area contributed by atoms with Crippen molar-refractivity contribution in [2.45, 2.75) is 71.6 Å². The van der Waals surface area contributed by atoms with Gasteiger partial charge in [-0.25, -0.2) is 4.98 Å². The monoisotopic (exact) mass is 508 g/mol. The number of ether oxygens (including phenoxy) is 1. The SMILES string of the molecule is C#CC.CC.CCC(CCNc1nc2c(c(NC/C=C\C=C(C)C)n1)SCC2)c1ccc(OC)cc1. The molecular weight excluding hydrogens is 464 g/mol. The maximum absolute atomic E-state index is 5.28. The number of allylic oxidation sites excluding steroid dienone is 3. The Balaban J connectivity index is 0.00000120. The van der Waals surface area contributed by atoms with Crippen LogP contribution in [0, 0.1) is 12.3 Å². The fourth-order valence-corrected chi connectivity index (χ4v) is 4.66. The zero-order valence-electron chi connectivity index (χ0n) is 23.1. The molecule has 0 aliphatic carbocycles. The molecule has 2 aromatic rings. The molecule has 1 unspecified atom stereocenters. The Hall–Kier alpha value is -2.91. The second kappa shape index (κ2) is 18.4. The van der Waals surface area contributed by atoms with Gasteiger partial charge in [-0.05, 0) is 57.2 Å². The third kappa shape index (κ3) is 10.8. The highest BCUT2D eigenvalue weighted by molar-refractivity contribution is 7.99. The molecule has 6 heteroatoms. The van der Waals surface area contributed by atoms with Crippen molar-refractivity contribution in [2.75, 3.05) is 36.6 Å². The van der Waals surface area contributed by atoms with Crippen molar-refractivity contribution in [2.24, 2.45) is 0 Å². The van der Waals surface area contributed by atoms with E-state index in [1.165, 1.54) is 16.0 Å². The molecule has 0 fully saturated rings. The van der Waals surface area contributed by atoms with Gasteiger partial charge in [-0.2, -0.15) is 4.98 Å². The van der Waals surface area contributed by atoms with Crippen LogP contribution < -0.4 is 15.4 Å². The van der Waals surface area contributed by atoms with Crippen LogP contribution in [0.2, 0.25) is 0 Å². The number of nitrogens with one attached hydrogen (secondary N) is 2. The van der Waals surface area contributed by atoms with Crippen molar-refractivity contribution in [3.05, 3.63) is 59.3 Å². The lowest BCUT2D eigenvalue weighted by Crippen LogP contribution is -2.12. The van der Waals surface area contributed by atoms with E-state index in [1.54, 1.807) is 14.0 Å². The summed E-state index contributed by atoms with van der Waals surface area (Å²) in [6.45, 7) is 13.7. The van der Waals surface area contributed by atoms with Crippen molar-refractivity contribution in [3.8, 4) is 18.1 Å². The maximum Gasteiger partial charge on any atom is 0.224 e. The highest BCUT2D eigenvalue weighted by Gasteiger charge is 2.20. The Labute approximate surface area is 223 Å². The summed E-state index contributed by atoms with van der Waals surface area (Å²) in [6.07, 6.45) is 14.0. The van der Waals surface area contributed by atoms with Gasteiger partial charge in [0.1, 0.15) is 11.6 Å². The van der Waals surface area contributed by atoms with Gasteiger partial charge >= 0.3 is 0 Å². The lowest BCUT2D eigenvalue weighted by molar-refractivity contribution is 0.414. The number of fused-ring (bicyclic) bond motifs is 1. The van der Waals surface area contributed by atoms with E-state index < -0.39 is 0 Å². The summed E-state index contributed by atoms with van der Waals surface area (Å²) >= 11 is 1.84. The molecule has 0 spiro atoms. The summed E-state index contributed by atoms with van der Waals surface area (Å²) in [6, 6.07) is 8.41. The van der Waals surface area contributed by atoms with E-state index in [9.17, 15) is 0 Å². The number of terminal acetylenes is 1. The van der Waals surface area contributed by atoms with Crippen LogP contribution >= 0.6 is 11.8 Å². The van der Waals surface area contributed by atoms with E-state index in [-0.39, 0.29) is 0 Å². The largest absolute Gasteiger partial charge is 0.497 e. The van der Waals surface area contributed by atoms with Gasteiger partial charge in [-0.1, -0.05) is 56.7 Å². The van der Waals surface area contributed by atoms with E-state index in [4.69, 9.17) is 14.7 Å². The number of benzene rings is 1. The molecule has 2 heterocycles. The Morgan fingerprint density at radius 1 is 1.19 bits per heavy atom. The average Bonchev–Trinajstić information content (AvgIpc) is 3.37. The van der Waals surface area contributed by atoms with Crippen molar-refractivity contribution in [3.63, 3.8) is 0 Å². The molecule has 0 radical (unpaired) electrons. The highest BCUT2D eigenvalue weighted by Crippen LogP contribution is 2.36. The van der Waals surface area contributed by atoms with Crippen LogP contribution in [0.1, 0.15) is 71.6 Å². The summed E-state index contributed by atoms with van der Waals surface area (Å²) in [7, 11) is 1.70. The molecule has 5 nitrogen and oxygen atoms in total. The second-order valence-corrected chi connectivity index (χ2v) is 9.31. The minimum absolute atomic E-state index is 0.501.